The van der Waals surface area contributed by atoms with Gasteiger partial charge in [0.2, 0.25) is 8.32 Å². The molecule has 0 radical (unpaired) electrons. The smallest absolute Gasteiger partial charge is 0.330 e. The lowest BCUT2D eigenvalue weighted by atomic mass is 9.91. The summed E-state index contributed by atoms with van der Waals surface area (Å²) in [4.78, 5) is 13.5. The molecule has 4 aliphatic rings. The molecule has 0 unspecified atom stereocenters. The number of aliphatic hydroxyl groups excluding tert-OH is 1. The summed E-state index contributed by atoms with van der Waals surface area (Å²) < 4.78 is 32.2. The molecule has 8 heteroatoms. The largest absolute Gasteiger partial charge is 0.456 e. The number of fused-ring (bicyclic) bond motifs is 3. The van der Waals surface area contributed by atoms with Gasteiger partial charge in [0.25, 0.3) is 0 Å². The van der Waals surface area contributed by atoms with Crippen LogP contribution in [0, 0.1) is 5.92 Å². The van der Waals surface area contributed by atoms with Gasteiger partial charge < -0.3 is 28.5 Å². The fourth-order valence-corrected chi connectivity index (χ4v) is 13.7. The highest BCUT2D eigenvalue weighted by atomic mass is 28.4. The maximum atomic E-state index is 13.5. The van der Waals surface area contributed by atoms with Gasteiger partial charge in [-0.3, -0.25) is 0 Å². The molecule has 1 fully saturated rings. The van der Waals surface area contributed by atoms with Crippen LogP contribution < -0.4 is 0 Å². The molecule has 1 saturated heterocycles. The Morgan fingerprint density at radius 3 is 2.40 bits per heavy atom. The fraction of sp³-hybridized carbons (Fsp3) is 0.718. The minimum Gasteiger partial charge on any atom is -0.456 e. The third-order valence-electron chi connectivity index (χ3n) is 10.5. The maximum absolute atomic E-state index is 13.5. The van der Waals surface area contributed by atoms with Gasteiger partial charge in [0.15, 0.2) is 0 Å². The topological polar surface area (TPSA) is 86.8 Å². The molecule has 0 aromatic heterocycles. The van der Waals surface area contributed by atoms with E-state index in [1.54, 1.807) is 0 Å². The Balaban J connectivity index is 1.65. The number of cyclic esters (lactones) is 1. The zero-order valence-electron chi connectivity index (χ0n) is 30.2. The molecule has 0 aliphatic carbocycles. The number of epoxide rings is 1. The predicted octanol–water partition coefficient (Wildman–Crippen LogP) is 8.30. The zero-order chi connectivity index (χ0) is 34.3. The third-order valence-corrected chi connectivity index (χ3v) is 16.6. The molecule has 1 N–H and O–H groups in total. The summed E-state index contributed by atoms with van der Waals surface area (Å²) in [6, 6.07) is 0. The molecule has 0 spiro atoms. The number of aliphatic hydroxyl groups is 1. The first-order chi connectivity index (χ1) is 22.3. The molecule has 7 nitrogen and oxygen atoms in total. The second-order valence-corrected chi connectivity index (χ2v) is 20.8. The van der Waals surface area contributed by atoms with Crippen LogP contribution in [0.4, 0.5) is 0 Å². The molecule has 264 valence electrons. The highest BCUT2D eigenvalue weighted by Crippen LogP contribution is 2.44. The quantitative estimate of drug-likeness (QED) is 0.120. The third kappa shape index (κ3) is 10.6. The van der Waals surface area contributed by atoms with E-state index in [4.69, 9.17) is 23.4 Å². The minimum absolute atomic E-state index is 0.0679. The van der Waals surface area contributed by atoms with Crippen molar-refractivity contribution in [1.29, 1.82) is 0 Å². The lowest BCUT2D eigenvalue weighted by Gasteiger charge is -2.45. The van der Waals surface area contributed by atoms with Gasteiger partial charge in [-0.15, -0.1) is 0 Å². The molecule has 0 amide bonds. The van der Waals surface area contributed by atoms with Gasteiger partial charge in [0, 0.05) is 12.5 Å². The molecule has 47 heavy (non-hydrogen) atoms. The van der Waals surface area contributed by atoms with Crippen LogP contribution in [-0.2, 0) is 28.2 Å². The SMILES string of the molecule is C=C1C[C@H](C)C[C@@H]2CC=C[C@@H](C/C=C\C(=O)O[C@H]([C@@H](/C=C/[C@@H]3CC(C)=CCO3)O[Si](C(C)C)(C(C)C)C(C)C)C[C@@H]3O[C@H]3[C@@H](O)C1)O2. The van der Waals surface area contributed by atoms with Gasteiger partial charge in [0.05, 0.1) is 37.1 Å². The summed E-state index contributed by atoms with van der Waals surface area (Å²) in [7, 11) is -2.39. The van der Waals surface area contributed by atoms with Crippen LogP contribution in [0.1, 0.15) is 100 Å². The van der Waals surface area contributed by atoms with Gasteiger partial charge >= 0.3 is 5.97 Å². The van der Waals surface area contributed by atoms with Gasteiger partial charge in [-0.2, -0.15) is 0 Å². The van der Waals surface area contributed by atoms with Crippen LogP contribution >= 0.6 is 0 Å². The Morgan fingerprint density at radius 1 is 1.00 bits per heavy atom. The number of ether oxygens (including phenoxy) is 4. The number of carbonyl (C=O) groups excluding carboxylic acids is 1. The zero-order valence-corrected chi connectivity index (χ0v) is 31.2. The van der Waals surface area contributed by atoms with E-state index in [1.165, 1.54) is 11.6 Å². The van der Waals surface area contributed by atoms with E-state index in [-0.39, 0.29) is 30.5 Å². The molecule has 0 saturated carbocycles. The lowest BCUT2D eigenvalue weighted by Crippen LogP contribution is -2.52. The Labute approximate surface area is 285 Å². The van der Waals surface area contributed by atoms with Crippen molar-refractivity contribution in [3.63, 3.8) is 0 Å². The van der Waals surface area contributed by atoms with E-state index in [9.17, 15) is 9.90 Å². The Hall–Kier alpha value is -1.81. The Bertz CT molecular complexity index is 1150. The number of rotatable bonds is 8. The molecule has 2 bridgehead atoms. The minimum atomic E-state index is -2.39. The summed E-state index contributed by atoms with van der Waals surface area (Å²) in [6.45, 7) is 22.8. The van der Waals surface area contributed by atoms with Crippen molar-refractivity contribution in [3.05, 3.63) is 60.3 Å². The molecular weight excluding hydrogens is 609 g/mol. The molecule has 4 heterocycles. The van der Waals surface area contributed by atoms with Crippen LogP contribution in [0.25, 0.3) is 0 Å². The van der Waals surface area contributed by atoms with Crippen molar-refractivity contribution in [1.82, 2.24) is 0 Å². The highest BCUT2D eigenvalue weighted by molar-refractivity contribution is 6.77. The summed E-state index contributed by atoms with van der Waals surface area (Å²) in [5.74, 6) is -0.0196. The second kappa shape index (κ2) is 17.2. The van der Waals surface area contributed by atoms with Crippen molar-refractivity contribution in [3.8, 4) is 0 Å². The molecule has 4 aliphatic heterocycles. The van der Waals surface area contributed by atoms with Crippen LogP contribution in [-0.4, -0.2) is 74.8 Å². The van der Waals surface area contributed by atoms with E-state index in [0.29, 0.717) is 48.4 Å². The average Bonchev–Trinajstić information content (AvgIpc) is 3.75. The standard InChI is InChI=1S/C39H62O7Si/c1-25(2)47(26(3)4,27(5)6)46-35(17-16-32-21-28(7)18-19-42-32)36-24-37-39(45-37)34(40)23-30(9)20-29(8)22-33-14-10-12-31(43-33)13-11-15-38(41)44-36/h10-12,15-18,25-27,29,31-37,39-40H,9,13-14,19-24H2,1-8H3/b15-11-,17-16+/t29-,31-,32+,33-,34-,35+,36-,37-,39-/m0/s1. The van der Waals surface area contributed by atoms with E-state index < -0.39 is 32.6 Å². The first-order valence-electron chi connectivity index (χ1n) is 18.1. The Morgan fingerprint density at radius 2 is 1.72 bits per heavy atom. The van der Waals surface area contributed by atoms with Crippen LogP contribution in [0.5, 0.6) is 0 Å². The van der Waals surface area contributed by atoms with Crippen LogP contribution in [0.3, 0.4) is 0 Å². The van der Waals surface area contributed by atoms with Crippen molar-refractivity contribution >= 4 is 14.3 Å². The van der Waals surface area contributed by atoms with E-state index in [2.05, 4.69) is 92.3 Å². The second-order valence-electron chi connectivity index (χ2n) is 15.4. The summed E-state index contributed by atoms with van der Waals surface area (Å²) in [5.41, 5.74) is 3.36. The molecule has 4 rings (SSSR count). The van der Waals surface area contributed by atoms with Gasteiger partial charge in [-0.1, -0.05) is 103 Å². The maximum Gasteiger partial charge on any atom is 0.330 e. The molecule has 9 atom stereocenters. The van der Waals surface area contributed by atoms with Crippen molar-refractivity contribution < 1.29 is 33.3 Å². The van der Waals surface area contributed by atoms with E-state index in [1.807, 2.05) is 6.08 Å². The van der Waals surface area contributed by atoms with Gasteiger partial charge in [0.1, 0.15) is 18.3 Å². The summed E-state index contributed by atoms with van der Waals surface area (Å²) in [5, 5.41) is 11.2. The van der Waals surface area contributed by atoms with Crippen molar-refractivity contribution in [2.24, 2.45) is 5.92 Å². The highest BCUT2D eigenvalue weighted by Gasteiger charge is 2.51. The molecular formula is C39H62O7Si. The van der Waals surface area contributed by atoms with Crippen molar-refractivity contribution in [2.75, 3.05) is 6.61 Å². The first-order valence-corrected chi connectivity index (χ1v) is 20.2. The predicted molar refractivity (Wildman–Crippen MR) is 191 cm³/mol. The average molecular weight is 671 g/mol. The van der Waals surface area contributed by atoms with Gasteiger partial charge in [-0.25, -0.2) is 4.79 Å². The van der Waals surface area contributed by atoms with E-state index in [0.717, 1.165) is 31.3 Å². The summed E-state index contributed by atoms with van der Waals surface area (Å²) >= 11 is 0. The Kier molecular flexibility index (Phi) is 13.9. The summed E-state index contributed by atoms with van der Waals surface area (Å²) in [6.07, 6.45) is 16.6. The van der Waals surface area contributed by atoms with E-state index >= 15 is 0 Å². The lowest BCUT2D eigenvalue weighted by molar-refractivity contribution is -0.147. The number of hydrogen-bond acceptors (Lipinski definition) is 7. The fourth-order valence-electron chi connectivity index (χ4n) is 8.20. The first kappa shape index (κ1) is 38.0. The normalized spacial score (nSPS) is 34.5. The number of esters is 1. The number of carbonyl (C=O) groups is 1. The van der Waals surface area contributed by atoms with Crippen LogP contribution in [0.2, 0.25) is 16.6 Å². The molecule has 0 aromatic rings. The molecule has 0 aromatic carbocycles. The monoisotopic (exact) mass is 670 g/mol. The van der Waals surface area contributed by atoms with Gasteiger partial charge in [-0.05, 0) is 68.0 Å². The van der Waals surface area contributed by atoms with Crippen molar-refractivity contribution in [2.45, 2.75) is 166 Å². The van der Waals surface area contributed by atoms with Crippen LogP contribution in [0.15, 0.2) is 60.3 Å². The number of hydrogen-bond donors (Lipinski definition) is 1.